The van der Waals surface area contributed by atoms with Crippen molar-refractivity contribution in [1.82, 2.24) is 14.5 Å². The largest absolute Gasteiger partial charge is 0.497 e. The van der Waals surface area contributed by atoms with Crippen molar-refractivity contribution >= 4 is 21.8 Å². The van der Waals surface area contributed by atoms with Crippen LogP contribution in [-0.2, 0) is 35.6 Å². The van der Waals surface area contributed by atoms with Crippen LogP contribution in [0.25, 0.3) is 0 Å². The van der Waals surface area contributed by atoms with E-state index < -0.39 is 16.1 Å². The number of morpholine rings is 1. The molecule has 2 amide bonds. The van der Waals surface area contributed by atoms with E-state index in [0.29, 0.717) is 51.0 Å². The van der Waals surface area contributed by atoms with E-state index in [9.17, 15) is 18.0 Å². The van der Waals surface area contributed by atoms with Crippen LogP contribution in [0.15, 0.2) is 53.4 Å². The van der Waals surface area contributed by atoms with Crippen LogP contribution in [0.5, 0.6) is 11.5 Å². The fraction of sp³-hybridized carbons (Fsp3) is 0.500. The van der Waals surface area contributed by atoms with Crippen molar-refractivity contribution in [3.63, 3.8) is 0 Å². The topological polar surface area (TPSA) is 124 Å². The molecule has 2 aliphatic heterocycles. The standard InChI is InChI=1S/C28H37N3O8S/c1-21(28(33)29-18-25-4-3-15-38-25)31(19-22-5-7-23(36-2)8-6-22)27(32)20-39-24-9-11-26(12-10-24)40(34,35)30-13-16-37-17-14-30/h5-12,21,25H,3-4,13-20H2,1-2H3,(H,29,33)/t21-,25+/m1/s1. The zero-order valence-corrected chi connectivity index (χ0v) is 23.7. The van der Waals surface area contributed by atoms with E-state index in [1.807, 2.05) is 12.1 Å². The molecule has 1 N–H and O–H groups in total. The normalized spacial score (nSPS) is 18.6. The van der Waals surface area contributed by atoms with E-state index >= 15 is 0 Å². The lowest BCUT2D eigenvalue weighted by molar-refractivity contribution is -0.142. The lowest BCUT2D eigenvalue weighted by Gasteiger charge is -2.29. The summed E-state index contributed by atoms with van der Waals surface area (Å²) >= 11 is 0. The van der Waals surface area contributed by atoms with Gasteiger partial charge in [0.2, 0.25) is 15.9 Å². The molecule has 0 spiro atoms. The van der Waals surface area contributed by atoms with Crippen LogP contribution in [0.2, 0.25) is 0 Å². The number of benzene rings is 2. The monoisotopic (exact) mass is 575 g/mol. The summed E-state index contributed by atoms with van der Waals surface area (Å²) < 4.78 is 48.9. The first-order valence-corrected chi connectivity index (χ1v) is 14.8. The molecule has 0 unspecified atom stereocenters. The Morgan fingerprint density at radius 1 is 1.05 bits per heavy atom. The van der Waals surface area contributed by atoms with E-state index in [1.165, 1.54) is 33.5 Å². The molecule has 12 heteroatoms. The van der Waals surface area contributed by atoms with Gasteiger partial charge in [-0.2, -0.15) is 4.31 Å². The number of carbonyl (C=O) groups excluding carboxylic acids is 2. The Labute approximate surface area is 235 Å². The molecule has 2 saturated heterocycles. The minimum absolute atomic E-state index is 0.0137. The highest BCUT2D eigenvalue weighted by molar-refractivity contribution is 7.89. The first-order valence-electron chi connectivity index (χ1n) is 13.4. The molecule has 2 heterocycles. The maximum Gasteiger partial charge on any atom is 0.261 e. The number of rotatable bonds is 12. The van der Waals surface area contributed by atoms with Crippen LogP contribution in [0, 0.1) is 0 Å². The predicted molar refractivity (Wildman–Crippen MR) is 147 cm³/mol. The number of hydrogen-bond acceptors (Lipinski definition) is 8. The first-order chi connectivity index (χ1) is 19.3. The van der Waals surface area contributed by atoms with E-state index in [4.69, 9.17) is 18.9 Å². The molecule has 2 aromatic carbocycles. The molecule has 0 aliphatic carbocycles. The van der Waals surface area contributed by atoms with E-state index in [1.54, 1.807) is 26.2 Å². The number of carbonyl (C=O) groups is 2. The van der Waals surface area contributed by atoms with E-state index in [2.05, 4.69) is 5.32 Å². The summed E-state index contributed by atoms with van der Waals surface area (Å²) in [5.41, 5.74) is 0.825. The summed E-state index contributed by atoms with van der Waals surface area (Å²) in [5, 5.41) is 2.90. The van der Waals surface area contributed by atoms with Crippen LogP contribution >= 0.6 is 0 Å². The highest BCUT2D eigenvalue weighted by Gasteiger charge is 2.28. The molecule has 218 valence electrons. The molecule has 2 fully saturated rings. The smallest absolute Gasteiger partial charge is 0.261 e. The highest BCUT2D eigenvalue weighted by atomic mass is 32.2. The Kier molecular flexibility index (Phi) is 10.4. The molecule has 40 heavy (non-hydrogen) atoms. The lowest BCUT2D eigenvalue weighted by Crippen LogP contribution is -2.50. The number of sulfonamides is 1. The third kappa shape index (κ3) is 7.72. The predicted octanol–water partition coefficient (Wildman–Crippen LogP) is 1.81. The van der Waals surface area contributed by atoms with E-state index in [0.717, 1.165) is 18.4 Å². The Hall–Kier alpha value is -3.19. The van der Waals surface area contributed by atoms with Crippen LogP contribution in [0.4, 0.5) is 0 Å². The number of nitrogens with one attached hydrogen (secondary N) is 1. The second kappa shape index (κ2) is 13.9. The summed E-state index contributed by atoms with van der Waals surface area (Å²) in [4.78, 5) is 27.9. The minimum Gasteiger partial charge on any atom is -0.497 e. The highest BCUT2D eigenvalue weighted by Crippen LogP contribution is 2.21. The summed E-state index contributed by atoms with van der Waals surface area (Å²) in [7, 11) is -2.06. The van der Waals surface area contributed by atoms with Gasteiger partial charge in [-0.1, -0.05) is 12.1 Å². The SMILES string of the molecule is COc1ccc(CN(C(=O)COc2ccc(S(=O)(=O)N3CCOCC3)cc2)[C@H](C)C(=O)NC[C@@H]2CCCO2)cc1. The third-order valence-corrected chi connectivity index (χ3v) is 8.91. The Bertz CT molecular complexity index is 1230. The van der Waals surface area contributed by atoms with Gasteiger partial charge in [0.15, 0.2) is 6.61 Å². The van der Waals surface area contributed by atoms with Gasteiger partial charge in [-0.15, -0.1) is 0 Å². The molecule has 2 atom stereocenters. The number of amides is 2. The van der Waals surface area contributed by atoms with E-state index in [-0.39, 0.29) is 36.0 Å². The number of hydrogen-bond donors (Lipinski definition) is 1. The van der Waals surface area contributed by atoms with Crippen molar-refractivity contribution in [2.75, 3.05) is 53.2 Å². The lowest BCUT2D eigenvalue weighted by atomic mass is 10.1. The van der Waals surface area contributed by atoms with Gasteiger partial charge in [-0.25, -0.2) is 8.42 Å². The molecule has 2 aromatic rings. The molecule has 4 rings (SSSR count). The van der Waals surface area contributed by atoms with Gasteiger partial charge in [0.1, 0.15) is 17.5 Å². The Balaban J connectivity index is 1.40. The van der Waals surface area contributed by atoms with Crippen LogP contribution in [0.1, 0.15) is 25.3 Å². The molecule has 11 nitrogen and oxygen atoms in total. The fourth-order valence-electron chi connectivity index (χ4n) is 4.55. The molecule has 0 bridgehead atoms. The summed E-state index contributed by atoms with van der Waals surface area (Å²) in [5.74, 6) is 0.358. The average Bonchev–Trinajstić information content (AvgIpc) is 3.52. The van der Waals surface area contributed by atoms with Crippen LogP contribution < -0.4 is 14.8 Å². The van der Waals surface area contributed by atoms with Gasteiger partial charge in [0, 0.05) is 32.8 Å². The zero-order valence-electron chi connectivity index (χ0n) is 22.9. The number of methoxy groups -OCH3 is 1. The molecular formula is C28H37N3O8S. The Morgan fingerprint density at radius 3 is 2.35 bits per heavy atom. The summed E-state index contributed by atoms with van der Waals surface area (Å²) in [6, 6.07) is 12.5. The van der Waals surface area contributed by atoms with Crippen molar-refractivity contribution in [3.8, 4) is 11.5 Å². The molecule has 0 aromatic heterocycles. The molecule has 0 radical (unpaired) electrons. The molecule has 0 saturated carbocycles. The van der Waals surface area contributed by atoms with Crippen molar-refractivity contribution in [3.05, 3.63) is 54.1 Å². The first kappa shape index (κ1) is 29.8. The van der Waals surface area contributed by atoms with Crippen molar-refractivity contribution in [1.29, 1.82) is 0 Å². The average molecular weight is 576 g/mol. The van der Waals surface area contributed by atoms with Crippen molar-refractivity contribution < 1.29 is 37.0 Å². The van der Waals surface area contributed by atoms with Gasteiger partial charge in [0.25, 0.3) is 5.91 Å². The molecule has 2 aliphatic rings. The summed E-state index contributed by atoms with van der Waals surface area (Å²) in [6.07, 6.45) is 1.85. The fourth-order valence-corrected chi connectivity index (χ4v) is 5.96. The van der Waals surface area contributed by atoms with Crippen LogP contribution in [-0.4, -0.2) is 94.8 Å². The zero-order chi connectivity index (χ0) is 28.5. The van der Waals surface area contributed by atoms with Crippen molar-refractivity contribution in [2.45, 2.75) is 43.4 Å². The van der Waals surface area contributed by atoms with Crippen molar-refractivity contribution in [2.24, 2.45) is 0 Å². The number of nitrogens with zero attached hydrogens (tertiary/aromatic N) is 2. The van der Waals surface area contributed by atoms with Gasteiger partial charge in [-0.05, 0) is 61.7 Å². The molecular weight excluding hydrogens is 538 g/mol. The number of ether oxygens (including phenoxy) is 4. The third-order valence-electron chi connectivity index (χ3n) is 7.00. The second-order valence-electron chi connectivity index (χ2n) is 9.70. The Morgan fingerprint density at radius 2 is 1.73 bits per heavy atom. The maximum absolute atomic E-state index is 13.3. The minimum atomic E-state index is -3.64. The van der Waals surface area contributed by atoms with Gasteiger partial charge in [0.05, 0.1) is 31.3 Å². The maximum atomic E-state index is 13.3. The van der Waals surface area contributed by atoms with Crippen LogP contribution in [0.3, 0.4) is 0 Å². The van der Waals surface area contributed by atoms with Gasteiger partial charge < -0.3 is 29.2 Å². The van der Waals surface area contributed by atoms with Gasteiger partial charge >= 0.3 is 0 Å². The quantitative estimate of drug-likeness (QED) is 0.407. The van der Waals surface area contributed by atoms with Gasteiger partial charge in [-0.3, -0.25) is 9.59 Å². The summed E-state index contributed by atoms with van der Waals surface area (Å²) in [6.45, 7) is 3.96. The second-order valence-corrected chi connectivity index (χ2v) is 11.6.